The third kappa shape index (κ3) is 5.05. The smallest absolute Gasteiger partial charge is 0.0645 e. The van der Waals surface area contributed by atoms with E-state index in [9.17, 15) is 17.8 Å². The third-order valence-corrected chi connectivity index (χ3v) is 7.42. The highest BCUT2D eigenvalue weighted by Gasteiger charge is 2.33. The first-order chi connectivity index (χ1) is 39.6. The molecule has 0 radical (unpaired) electrons. The molecule has 0 bridgehead atoms. The first-order valence-electron chi connectivity index (χ1n) is 32.3. The van der Waals surface area contributed by atoms with Crippen LogP contribution in [0.15, 0.2) is 193 Å². The Hall–Kier alpha value is -6.38. The third-order valence-electron chi connectivity index (χ3n) is 7.42. The van der Waals surface area contributed by atoms with Crippen LogP contribution in [0, 0.1) is 0 Å². The quantitative estimate of drug-likeness (QED) is 0.173. The van der Waals surface area contributed by atoms with Gasteiger partial charge in [0, 0.05) is 45.1 Å². The summed E-state index contributed by atoms with van der Waals surface area (Å²) in [5.74, 6) is -3.86. The number of benzene rings is 8. The maximum atomic E-state index is 10.3. The van der Waals surface area contributed by atoms with Crippen LogP contribution in [-0.4, -0.2) is 0 Å². The van der Waals surface area contributed by atoms with Crippen LogP contribution >= 0.6 is 0 Å². The minimum atomic E-state index is -4.05. The summed E-state index contributed by atoms with van der Waals surface area (Å²) >= 11 is 0. The van der Waals surface area contributed by atoms with Crippen molar-refractivity contribution in [1.82, 2.24) is 0 Å². The minimum Gasteiger partial charge on any atom is -0.311 e. The Morgan fingerprint density at radius 3 is 1.80 bits per heavy atom. The summed E-state index contributed by atoms with van der Waals surface area (Å²) in [6.45, 7) is -4.05. The number of para-hydroxylation sites is 3. The molecule has 0 saturated heterocycles. The Labute approximate surface area is 344 Å². The van der Waals surface area contributed by atoms with Crippen LogP contribution in [0.1, 0.15) is 73.2 Å². The van der Waals surface area contributed by atoms with E-state index in [-0.39, 0.29) is 4.90 Å². The van der Waals surface area contributed by atoms with E-state index in [1.165, 1.54) is 0 Å². The predicted molar refractivity (Wildman–Crippen MR) is 212 cm³/mol. The standard InChI is InChI=1S/C48H36N2/c1-34-41-23-13-14-26-45(41)50(46-27-15-25-42(47(34)46)35-16-5-2-6-17-35)48-43-24-12-11-18-36(43)30-33-44(48)37-28-31-40(32-29-37)49(38-19-7-3-8-20-38)39-21-9-4-10-22-39/h2-34H,1H3/i1D3,2D,3D,4D,5D,6D,7D,8D,9D,10D,11D,12D,13D,14D,15D,16D,17D,18D,19D,20D,21D,22D,23D,24D,25D,26D,27D,28D,29D,30D,31D,32D,33D,34D. The van der Waals surface area contributed by atoms with Gasteiger partial charge in [0.25, 0.3) is 0 Å². The highest BCUT2D eigenvalue weighted by atomic mass is 15.2. The highest BCUT2D eigenvalue weighted by molar-refractivity contribution is 6.08. The lowest BCUT2D eigenvalue weighted by Crippen LogP contribution is -2.22. The van der Waals surface area contributed by atoms with E-state index < -0.39 is 284 Å². The molecule has 2 nitrogen and oxygen atoms in total. The van der Waals surface area contributed by atoms with E-state index >= 15 is 0 Å². The summed E-state index contributed by atoms with van der Waals surface area (Å²) in [6, 6.07) is -39.7. The van der Waals surface area contributed by atoms with Crippen molar-refractivity contribution in [2.24, 2.45) is 0 Å². The largest absolute Gasteiger partial charge is 0.311 e. The first-order valence-corrected chi connectivity index (χ1v) is 14.3. The van der Waals surface area contributed by atoms with Crippen LogP contribution in [0.2, 0.25) is 0 Å². The topological polar surface area (TPSA) is 6.48 Å². The second-order valence-electron chi connectivity index (χ2n) is 10.1. The van der Waals surface area contributed by atoms with Crippen LogP contribution in [0.5, 0.6) is 0 Å². The van der Waals surface area contributed by atoms with Crippen LogP contribution in [-0.2, 0) is 0 Å². The van der Waals surface area contributed by atoms with Gasteiger partial charge in [0.05, 0.1) is 55.2 Å². The second kappa shape index (κ2) is 12.6. The molecular weight excluding hydrogens is 605 g/mol. The normalized spacial score (nSPS) is 25.3. The number of anilines is 6. The molecule has 1 unspecified atom stereocenters. The number of nitrogens with zero attached hydrogens (tertiary/aromatic N) is 2. The molecule has 2 heteroatoms. The molecule has 0 aliphatic carbocycles. The maximum Gasteiger partial charge on any atom is 0.0645 e. The number of hydrogen-bond acceptors (Lipinski definition) is 2. The molecule has 1 aliphatic rings. The summed E-state index contributed by atoms with van der Waals surface area (Å²) in [5.41, 5.74) is -14.9. The fourth-order valence-corrected chi connectivity index (χ4v) is 5.37. The number of rotatable bonds is 6. The molecule has 8 aromatic rings. The summed E-state index contributed by atoms with van der Waals surface area (Å²) in [4.78, 5) is 0.610. The van der Waals surface area contributed by atoms with Gasteiger partial charge < -0.3 is 9.80 Å². The Morgan fingerprint density at radius 1 is 0.500 bits per heavy atom. The van der Waals surface area contributed by atoms with Gasteiger partial charge in [-0.2, -0.15) is 0 Å². The van der Waals surface area contributed by atoms with Crippen molar-refractivity contribution >= 4 is 44.9 Å². The molecule has 1 atom stereocenters. The van der Waals surface area contributed by atoms with Gasteiger partial charge in [-0.15, -0.1) is 0 Å². The summed E-state index contributed by atoms with van der Waals surface area (Å²) in [7, 11) is 0. The maximum absolute atomic E-state index is 10.3. The SMILES string of the molecule is [2H]c1c([2H])c([2H])c(-c2c([2H])c([2H])c([2H])c3c2C([2H])(C([2H])([2H])[2H])c2c([2H])c([2H])c([2H])c([2H])c2N3c2c(-c3c([2H])c([2H])c(N(c4c([2H])c([2H])c([2H])c([2H])c4[2H])c4c([2H])c([2H])c([2H])c([2H])c4[2H])c([2H])c3[2H])c([2H])c([2H])c3c([2H])c([2H])c([2H])c([2H])c23)c([2H])c1[2H]. The monoisotopic (exact) mass is 677 g/mol. The molecule has 0 amide bonds. The Kier molecular flexibility index (Phi) is 2.60. The van der Waals surface area contributed by atoms with E-state index in [1.807, 2.05) is 0 Å². The highest BCUT2D eigenvalue weighted by Crippen LogP contribution is 2.55. The first kappa shape index (κ1) is 10.3. The van der Waals surface area contributed by atoms with E-state index in [0.717, 1.165) is 0 Å². The van der Waals surface area contributed by atoms with Gasteiger partial charge in [-0.3, -0.25) is 0 Å². The van der Waals surface area contributed by atoms with Crippen molar-refractivity contribution in [3.05, 3.63) is 204 Å². The van der Waals surface area contributed by atoms with Crippen LogP contribution in [0.3, 0.4) is 0 Å². The predicted octanol–water partition coefficient (Wildman–Crippen LogP) is 13.6. The summed E-state index contributed by atoms with van der Waals surface area (Å²) < 4.78 is 327. The molecule has 1 heterocycles. The lowest BCUT2D eigenvalue weighted by Gasteiger charge is -2.39. The van der Waals surface area contributed by atoms with Crippen LogP contribution < -0.4 is 9.80 Å². The Balaban J connectivity index is 1.62. The molecular formula is C48H36N2. The van der Waals surface area contributed by atoms with Crippen LogP contribution in [0.4, 0.5) is 34.1 Å². The molecule has 50 heavy (non-hydrogen) atoms. The van der Waals surface area contributed by atoms with Gasteiger partial charge in [-0.25, -0.2) is 0 Å². The van der Waals surface area contributed by atoms with E-state index in [1.54, 1.807) is 0 Å². The fourth-order valence-electron chi connectivity index (χ4n) is 5.37. The minimum absolute atomic E-state index is 0.261. The van der Waals surface area contributed by atoms with E-state index in [0.29, 0.717) is 4.90 Å². The molecule has 0 saturated carbocycles. The number of hydrogen-bond donors (Lipinski definition) is 0. The van der Waals surface area contributed by atoms with Crippen molar-refractivity contribution in [2.45, 2.75) is 12.7 Å². The van der Waals surface area contributed by atoms with Gasteiger partial charge in [0.2, 0.25) is 0 Å². The molecule has 0 aromatic heterocycles. The van der Waals surface area contributed by atoms with Crippen molar-refractivity contribution in [3.63, 3.8) is 0 Å². The molecule has 238 valence electrons. The van der Waals surface area contributed by atoms with Gasteiger partial charge in [0.15, 0.2) is 0 Å². The molecule has 0 spiro atoms. The molecule has 0 N–H and O–H groups in total. The van der Waals surface area contributed by atoms with Crippen LogP contribution in [0.25, 0.3) is 33.0 Å². The van der Waals surface area contributed by atoms with Gasteiger partial charge >= 0.3 is 0 Å². The Morgan fingerprint density at radius 2 is 1.08 bits per heavy atom. The second-order valence-corrected chi connectivity index (χ2v) is 10.1. The fraction of sp³-hybridized carbons (Fsp3) is 0.0417. The van der Waals surface area contributed by atoms with Gasteiger partial charge in [0.1, 0.15) is 0 Å². The molecule has 1 aliphatic heterocycles. The van der Waals surface area contributed by atoms with Gasteiger partial charge in [-0.1, -0.05) is 152 Å². The van der Waals surface area contributed by atoms with Crippen molar-refractivity contribution in [2.75, 3.05) is 9.80 Å². The zero-order chi connectivity index (χ0) is 64.7. The molecule has 0 fully saturated rings. The van der Waals surface area contributed by atoms with Crippen molar-refractivity contribution in [1.29, 1.82) is 0 Å². The summed E-state index contributed by atoms with van der Waals surface area (Å²) in [6.07, 6.45) is 0. The van der Waals surface area contributed by atoms with Crippen molar-refractivity contribution < 1.29 is 49.3 Å². The van der Waals surface area contributed by atoms with E-state index in [2.05, 4.69) is 0 Å². The van der Waals surface area contributed by atoms with Gasteiger partial charge in [-0.05, 0) is 81.5 Å². The molecule has 9 rings (SSSR count). The lowest BCUT2D eigenvalue weighted by molar-refractivity contribution is 0.895. The zero-order valence-electron chi connectivity index (χ0n) is 60.9. The average molecular weight is 677 g/mol. The lowest BCUT2D eigenvalue weighted by atomic mass is 9.81. The average Bonchev–Trinajstić information content (AvgIpc) is 0.672. The summed E-state index contributed by atoms with van der Waals surface area (Å²) in [5, 5.41) is -2.06. The van der Waals surface area contributed by atoms with Crippen molar-refractivity contribution in [3.8, 4) is 22.3 Å². The zero-order valence-corrected chi connectivity index (χ0v) is 24.9. The van der Waals surface area contributed by atoms with E-state index in [4.69, 9.17) is 31.5 Å². The number of fused-ring (bicyclic) bond motifs is 3. The Bertz CT molecular complexity index is 4270. The molecule has 8 aromatic carbocycles.